The fourth-order valence-electron chi connectivity index (χ4n) is 2.53. The van der Waals surface area contributed by atoms with Crippen LogP contribution in [-0.2, 0) is 20.9 Å². The van der Waals surface area contributed by atoms with Crippen molar-refractivity contribution in [3.63, 3.8) is 0 Å². The number of hydrogen-bond acceptors (Lipinski definition) is 6. The molecule has 0 spiro atoms. The predicted molar refractivity (Wildman–Crippen MR) is 90.7 cm³/mol. The summed E-state index contributed by atoms with van der Waals surface area (Å²) in [7, 11) is 0. The number of primary amides is 1. The summed E-state index contributed by atoms with van der Waals surface area (Å²) < 4.78 is 10.4. The first kappa shape index (κ1) is 19.9. The second kappa shape index (κ2) is 9.24. The maximum absolute atomic E-state index is 12.1. The van der Waals surface area contributed by atoms with E-state index in [9.17, 15) is 9.59 Å². The topological polar surface area (TPSA) is 131 Å². The Balaban J connectivity index is 2.61. The van der Waals surface area contributed by atoms with Crippen molar-refractivity contribution in [3.8, 4) is 0 Å². The molecule has 7 heteroatoms. The highest BCUT2D eigenvalue weighted by Crippen LogP contribution is 2.28. The van der Waals surface area contributed by atoms with Gasteiger partial charge in [-0.1, -0.05) is 30.3 Å². The lowest BCUT2D eigenvalue weighted by atomic mass is 9.83. The first-order valence-electron chi connectivity index (χ1n) is 7.91. The zero-order chi connectivity index (χ0) is 18.2. The third kappa shape index (κ3) is 6.55. The highest BCUT2D eigenvalue weighted by atomic mass is 16.6. The van der Waals surface area contributed by atoms with Gasteiger partial charge in [-0.25, -0.2) is 4.79 Å². The van der Waals surface area contributed by atoms with Crippen LogP contribution in [0.4, 0.5) is 4.79 Å². The molecule has 0 aliphatic heterocycles. The van der Waals surface area contributed by atoms with E-state index in [-0.39, 0.29) is 18.9 Å². The van der Waals surface area contributed by atoms with Crippen molar-refractivity contribution in [1.82, 2.24) is 0 Å². The largest absolute Gasteiger partial charge is 0.460 e. The van der Waals surface area contributed by atoms with Crippen LogP contribution in [0, 0.1) is 5.92 Å². The van der Waals surface area contributed by atoms with Crippen molar-refractivity contribution in [2.24, 2.45) is 23.1 Å². The summed E-state index contributed by atoms with van der Waals surface area (Å²) in [5.41, 5.74) is 16.7. The van der Waals surface area contributed by atoms with Gasteiger partial charge in [-0.2, -0.15) is 0 Å². The standard InChI is InChI=1S/C17H27N3O4/c1-17(2,24-16(20)22)13(8-9-18)10-14(19)15(21)23-11-12-6-4-3-5-7-12/h3-7,13-14H,8-11,18-19H2,1-2H3,(H2,20,22). The Kier molecular flexibility index (Phi) is 7.67. The molecule has 2 unspecified atom stereocenters. The molecule has 1 amide bonds. The van der Waals surface area contributed by atoms with Gasteiger partial charge in [0.15, 0.2) is 0 Å². The van der Waals surface area contributed by atoms with E-state index in [0.717, 1.165) is 5.56 Å². The van der Waals surface area contributed by atoms with E-state index in [0.29, 0.717) is 13.0 Å². The molecular formula is C17H27N3O4. The van der Waals surface area contributed by atoms with Crippen LogP contribution in [0.25, 0.3) is 0 Å². The quantitative estimate of drug-likeness (QED) is 0.582. The summed E-state index contributed by atoms with van der Waals surface area (Å²) in [5, 5.41) is 0. The lowest BCUT2D eigenvalue weighted by molar-refractivity contribution is -0.147. The number of carbonyl (C=O) groups excluding carboxylic acids is 2. The Bertz CT molecular complexity index is 534. The van der Waals surface area contributed by atoms with Crippen LogP contribution >= 0.6 is 0 Å². The van der Waals surface area contributed by atoms with Gasteiger partial charge in [0.05, 0.1) is 0 Å². The Hall–Kier alpha value is -2.12. The van der Waals surface area contributed by atoms with Gasteiger partial charge in [-0.15, -0.1) is 0 Å². The molecule has 0 saturated heterocycles. The summed E-state index contributed by atoms with van der Waals surface area (Å²) in [6, 6.07) is 8.50. The normalized spacial score (nSPS) is 13.8. The Labute approximate surface area is 142 Å². The third-order valence-corrected chi connectivity index (χ3v) is 3.93. The summed E-state index contributed by atoms with van der Waals surface area (Å²) >= 11 is 0. The Morgan fingerprint density at radius 1 is 1.21 bits per heavy atom. The molecule has 6 N–H and O–H groups in total. The highest BCUT2D eigenvalue weighted by Gasteiger charge is 2.35. The molecule has 7 nitrogen and oxygen atoms in total. The molecule has 1 rings (SSSR count). The van der Waals surface area contributed by atoms with Crippen molar-refractivity contribution >= 4 is 12.1 Å². The average Bonchev–Trinajstić information content (AvgIpc) is 2.51. The molecule has 24 heavy (non-hydrogen) atoms. The van der Waals surface area contributed by atoms with Crippen molar-refractivity contribution in [3.05, 3.63) is 35.9 Å². The monoisotopic (exact) mass is 337 g/mol. The van der Waals surface area contributed by atoms with Crippen LogP contribution < -0.4 is 17.2 Å². The number of benzene rings is 1. The number of amides is 1. The van der Waals surface area contributed by atoms with Crippen LogP contribution in [0.5, 0.6) is 0 Å². The van der Waals surface area contributed by atoms with Gasteiger partial charge < -0.3 is 26.7 Å². The number of hydrogen-bond donors (Lipinski definition) is 3. The minimum Gasteiger partial charge on any atom is -0.460 e. The predicted octanol–water partition coefficient (Wildman–Crippen LogP) is 1.29. The first-order valence-corrected chi connectivity index (χ1v) is 7.91. The molecular weight excluding hydrogens is 310 g/mol. The summed E-state index contributed by atoms with van der Waals surface area (Å²) in [6.45, 7) is 3.98. The first-order chi connectivity index (χ1) is 11.3. The molecule has 0 aromatic heterocycles. The van der Waals surface area contributed by atoms with Crippen molar-refractivity contribution in [2.45, 2.75) is 44.9 Å². The summed E-state index contributed by atoms with van der Waals surface area (Å²) in [4.78, 5) is 23.1. The van der Waals surface area contributed by atoms with Gasteiger partial charge in [-0.3, -0.25) is 4.79 Å². The number of ether oxygens (including phenoxy) is 2. The minimum absolute atomic E-state index is 0.163. The lowest BCUT2D eigenvalue weighted by Gasteiger charge is -2.34. The molecule has 2 atom stereocenters. The smallest absolute Gasteiger partial charge is 0.405 e. The number of carbonyl (C=O) groups is 2. The van der Waals surface area contributed by atoms with E-state index in [1.54, 1.807) is 13.8 Å². The van der Waals surface area contributed by atoms with E-state index in [2.05, 4.69) is 0 Å². The van der Waals surface area contributed by atoms with Crippen LogP contribution in [0.15, 0.2) is 30.3 Å². The van der Waals surface area contributed by atoms with E-state index < -0.39 is 23.7 Å². The molecule has 0 heterocycles. The molecule has 0 saturated carbocycles. The number of esters is 1. The zero-order valence-corrected chi connectivity index (χ0v) is 14.2. The molecule has 1 aromatic carbocycles. The highest BCUT2D eigenvalue weighted by molar-refractivity contribution is 5.75. The Morgan fingerprint density at radius 2 is 1.83 bits per heavy atom. The van der Waals surface area contributed by atoms with Crippen molar-refractivity contribution < 1.29 is 19.1 Å². The summed E-state index contributed by atoms with van der Waals surface area (Å²) in [5.74, 6) is -0.718. The zero-order valence-electron chi connectivity index (χ0n) is 14.2. The maximum atomic E-state index is 12.1. The minimum atomic E-state index is -0.873. The molecule has 0 bridgehead atoms. The molecule has 0 radical (unpaired) electrons. The van der Waals surface area contributed by atoms with Crippen LogP contribution in [-0.4, -0.2) is 30.3 Å². The SMILES string of the molecule is CC(C)(OC(N)=O)C(CCN)CC(N)C(=O)OCc1ccccc1. The van der Waals surface area contributed by atoms with E-state index in [4.69, 9.17) is 26.7 Å². The van der Waals surface area contributed by atoms with Gasteiger partial charge >= 0.3 is 12.1 Å². The van der Waals surface area contributed by atoms with Gasteiger partial charge in [0.25, 0.3) is 0 Å². The van der Waals surface area contributed by atoms with Gasteiger partial charge in [0, 0.05) is 5.92 Å². The second-order valence-corrected chi connectivity index (χ2v) is 6.23. The van der Waals surface area contributed by atoms with Gasteiger partial charge in [0.1, 0.15) is 18.2 Å². The van der Waals surface area contributed by atoms with Crippen molar-refractivity contribution in [1.29, 1.82) is 0 Å². The van der Waals surface area contributed by atoms with Gasteiger partial charge in [-0.05, 0) is 38.8 Å². The third-order valence-electron chi connectivity index (χ3n) is 3.93. The molecule has 0 aliphatic rings. The Morgan fingerprint density at radius 3 is 2.38 bits per heavy atom. The second-order valence-electron chi connectivity index (χ2n) is 6.23. The molecule has 0 aliphatic carbocycles. The van der Waals surface area contributed by atoms with Crippen LogP contribution in [0.1, 0.15) is 32.3 Å². The van der Waals surface area contributed by atoms with E-state index >= 15 is 0 Å². The molecule has 1 aromatic rings. The number of nitrogens with two attached hydrogens (primary N) is 3. The lowest BCUT2D eigenvalue weighted by Crippen LogP contribution is -2.44. The van der Waals surface area contributed by atoms with Crippen molar-refractivity contribution in [2.75, 3.05) is 6.54 Å². The van der Waals surface area contributed by atoms with E-state index in [1.807, 2.05) is 30.3 Å². The van der Waals surface area contributed by atoms with Crippen LogP contribution in [0.2, 0.25) is 0 Å². The number of rotatable bonds is 9. The average molecular weight is 337 g/mol. The fraction of sp³-hybridized carbons (Fsp3) is 0.529. The van der Waals surface area contributed by atoms with Crippen LogP contribution in [0.3, 0.4) is 0 Å². The maximum Gasteiger partial charge on any atom is 0.405 e. The fourth-order valence-corrected chi connectivity index (χ4v) is 2.53. The summed E-state index contributed by atoms with van der Waals surface area (Å²) in [6.07, 6.45) is -0.0485. The molecule has 134 valence electrons. The van der Waals surface area contributed by atoms with Gasteiger partial charge in [0.2, 0.25) is 0 Å². The molecule has 0 fully saturated rings. The van der Waals surface area contributed by atoms with E-state index in [1.165, 1.54) is 0 Å².